The van der Waals surface area contributed by atoms with Crippen LogP contribution in [0, 0.1) is 6.92 Å². The van der Waals surface area contributed by atoms with E-state index in [2.05, 4.69) is 4.98 Å². The number of hydrogen-bond donors (Lipinski definition) is 0. The van der Waals surface area contributed by atoms with Crippen LogP contribution in [-0.4, -0.2) is 11.1 Å². The van der Waals surface area contributed by atoms with Gasteiger partial charge < -0.3 is 4.74 Å². The number of pyridine rings is 1. The van der Waals surface area contributed by atoms with Crippen molar-refractivity contribution in [2.75, 3.05) is 0 Å². The van der Waals surface area contributed by atoms with Crippen LogP contribution in [0.4, 0.5) is 13.2 Å². The molecule has 0 bridgehead atoms. The first-order chi connectivity index (χ1) is 6.97. The largest absolute Gasteiger partial charge is 0.489 e. The maximum absolute atomic E-state index is 12.3. The number of alkyl halides is 3. The zero-order valence-corrected chi connectivity index (χ0v) is 8.14. The van der Waals surface area contributed by atoms with Crippen LogP contribution in [0.15, 0.2) is 12.1 Å². The first-order valence-electron chi connectivity index (χ1n) is 4.68. The average Bonchev–Trinajstić information content (AvgIpc) is 2.90. The molecule has 0 amide bonds. The summed E-state index contributed by atoms with van der Waals surface area (Å²) < 4.78 is 42.2. The van der Waals surface area contributed by atoms with Gasteiger partial charge in [-0.05, 0) is 31.9 Å². The Bertz CT molecular complexity index is 371. The summed E-state index contributed by atoms with van der Waals surface area (Å²) in [6.07, 6.45) is -2.27. The lowest BCUT2D eigenvalue weighted by Crippen LogP contribution is -2.09. The summed E-state index contributed by atoms with van der Waals surface area (Å²) in [6.45, 7) is 1.52. The first kappa shape index (κ1) is 10.3. The van der Waals surface area contributed by atoms with Crippen molar-refractivity contribution in [3.8, 4) is 5.75 Å². The van der Waals surface area contributed by atoms with Gasteiger partial charge in [-0.3, -0.25) is 0 Å². The molecule has 1 aliphatic rings. The van der Waals surface area contributed by atoms with Crippen LogP contribution in [0.25, 0.3) is 0 Å². The molecule has 0 N–H and O–H groups in total. The summed E-state index contributed by atoms with van der Waals surface area (Å²) in [6, 6.07) is 2.29. The quantitative estimate of drug-likeness (QED) is 0.759. The molecule has 1 aromatic rings. The minimum Gasteiger partial charge on any atom is -0.489 e. The van der Waals surface area contributed by atoms with E-state index in [-0.39, 0.29) is 11.8 Å². The molecule has 0 saturated heterocycles. The molecule has 2 nitrogen and oxygen atoms in total. The van der Waals surface area contributed by atoms with E-state index < -0.39 is 11.9 Å². The van der Waals surface area contributed by atoms with Gasteiger partial charge in [0.25, 0.3) is 0 Å². The van der Waals surface area contributed by atoms with Crippen LogP contribution in [-0.2, 0) is 6.18 Å². The normalized spacial score (nSPS) is 16.5. The smallest absolute Gasteiger partial charge is 0.433 e. The third kappa shape index (κ3) is 2.40. The number of nitrogens with zero attached hydrogens (tertiary/aromatic N) is 1. The van der Waals surface area contributed by atoms with Crippen LogP contribution >= 0.6 is 0 Å². The maximum atomic E-state index is 12.3. The van der Waals surface area contributed by atoms with Crippen molar-refractivity contribution >= 4 is 0 Å². The Kier molecular flexibility index (Phi) is 2.32. The minimum absolute atomic E-state index is 0.169. The van der Waals surface area contributed by atoms with Crippen LogP contribution in [0.5, 0.6) is 5.75 Å². The molecule has 5 heteroatoms. The Labute approximate surface area is 85.1 Å². The molecule has 0 aromatic carbocycles. The highest BCUT2D eigenvalue weighted by molar-refractivity contribution is 5.29. The molecule has 1 fully saturated rings. The standard InChI is InChI=1S/C10H10F3NO/c1-6-8(15-7-2-3-7)4-5-9(14-6)10(11,12)13/h4-5,7H,2-3H2,1H3. The van der Waals surface area contributed by atoms with E-state index in [1.807, 2.05) is 0 Å². The van der Waals surface area contributed by atoms with Crippen molar-refractivity contribution in [2.45, 2.75) is 32.0 Å². The zero-order chi connectivity index (χ0) is 11.1. The lowest BCUT2D eigenvalue weighted by Gasteiger charge is -2.10. The summed E-state index contributed by atoms with van der Waals surface area (Å²) >= 11 is 0. The van der Waals surface area contributed by atoms with Crippen molar-refractivity contribution in [3.63, 3.8) is 0 Å². The topological polar surface area (TPSA) is 22.1 Å². The van der Waals surface area contributed by atoms with Crippen molar-refractivity contribution in [2.24, 2.45) is 0 Å². The van der Waals surface area contributed by atoms with Gasteiger partial charge in [0.1, 0.15) is 11.4 Å². The Hall–Kier alpha value is -1.26. The molecule has 1 saturated carbocycles. The van der Waals surface area contributed by atoms with Crippen LogP contribution in [0.2, 0.25) is 0 Å². The molecule has 0 atom stereocenters. The average molecular weight is 217 g/mol. The van der Waals surface area contributed by atoms with Crippen molar-refractivity contribution in [3.05, 3.63) is 23.5 Å². The second-order valence-electron chi connectivity index (χ2n) is 3.60. The fourth-order valence-electron chi connectivity index (χ4n) is 1.20. The fourth-order valence-corrected chi connectivity index (χ4v) is 1.20. The van der Waals surface area contributed by atoms with E-state index in [1.54, 1.807) is 0 Å². The predicted molar refractivity (Wildman–Crippen MR) is 47.6 cm³/mol. The van der Waals surface area contributed by atoms with Crippen molar-refractivity contribution in [1.82, 2.24) is 4.98 Å². The van der Waals surface area contributed by atoms with Crippen molar-refractivity contribution in [1.29, 1.82) is 0 Å². The highest BCUT2D eigenvalue weighted by Gasteiger charge is 2.33. The molecule has 0 unspecified atom stereocenters. The minimum atomic E-state index is -4.39. The van der Waals surface area contributed by atoms with Gasteiger partial charge in [0, 0.05) is 0 Å². The molecule has 0 aliphatic heterocycles. The molecule has 1 heterocycles. The summed E-state index contributed by atoms with van der Waals surface area (Å²) in [5, 5.41) is 0. The molecular formula is C10H10F3NO. The summed E-state index contributed by atoms with van der Waals surface area (Å²) in [7, 11) is 0. The molecule has 0 spiro atoms. The van der Waals surface area contributed by atoms with Gasteiger partial charge >= 0.3 is 6.18 Å². The molecule has 0 radical (unpaired) electrons. The van der Waals surface area contributed by atoms with Gasteiger partial charge in [-0.25, -0.2) is 4.98 Å². The third-order valence-electron chi connectivity index (χ3n) is 2.15. The Morgan fingerprint density at radius 3 is 2.47 bits per heavy atom. The van der Waals surface area contributed by atoms with Gasteiger partial charge in [0.05, 0.1) is 11.8 Å². The zero-order valence-electron chi connectivity index (χ0n) is 8.14. The second-order valence-corrected chi connectivity index (χ2v) is 3.60. The van der Waals surface area contributed by atoms with Gasteiger partial charge in [-0.15, -0.1) is 0 Å². The molecule has 15 heavy (non-hydrogen) atoms. The van der Waals surface area contributed by atoms with Crippen molar-refractivity contribution < 1.29 is 17.9 Å². The van der Waals surface area contributed by atoms with Gasteiger partial charge in [0.15, 0.2) is 0 Å². The molecule has 2 rings (SSSR count). The fraction of sp³-hybridized carbons (Fsp3) is 0.500. The van der Waals surface area contributed by atoms with E-state index in [1.165, 1.54) is 13.0 Å². The summed E-state index contributed by atoms with van der Waals surface area (Å²) in [5.74, 6) is 0.450. The Morgan fingerprint density at radius 2 is 2.00 bits per heavy atom. The van der Waals surface area contributed by atoms with Gasteiger partial charge in [-0.1, -0.05) is 0 Å². The first-order valence-corrected chi connectivity index (χ1v) is 4.68. The summed E-state index contributed by atoms with van der Waals surface area (Å²) in [5.41, 5.74) is -0.583. The van der Waals surface area contributed by atoms with E-state index in [9.17, 15) is 13.2 Å². The molecule has 1 aromatic heterocycles. The Morgan fingerprint density at radius 1 is 1.33 bits per heavy atom. The van der Waals surface area contributed by atoms with Crippen LogP contribution < -0.4 is 4.74 Å². The lowest BCUT2D eigenvalue weighted by molar-refractivity contribution is -0.141. The van der Waals surface area contributed by atoms with Gasteiger partial charge in [0.2, 0.25) is 0 Å². The number of ether oxygens (including phenoxy) is 1. The molecular weight excluding hydrogens is 207 g/mol. The maximum Gasteiger partial charge on any atom is 0.433 e. The number of aryl methyl sites for hydroxylation is 1. The highest BCUT2D eigenvalue weighted by atomic mass is 19.4. The van der Waals surface area contributed by atoms with Gasteiger partial charge in [-0.2, -0.15) is 13.2 Å². The number of hydrogen-bond acceptors (Lipinski definition) is 2. The van der Waals surface area contributed by atoms with Crippen LogP contribution in [0.1, 0.15) is 24.2 Å². The van der Waals surface area contributed by atoms with E-state index in [0.717, 1.165) is 18.9 Å². The SMILES string of the molecule is Cc1nc(C(F)(F)F)ccc1OC1CC1. The monoisotopic (exact) mass is 217 g/mol. The highest BCUT2D eigenvalue weighted by Crippen LogP contribution is 2.32. The lowest BCUT2D eigenvalue weighted by atomic mass is 10.3. The number of aromatic nitrogens is 1. The predicted octanol–water partition coefficient (Wildman–Crippen LogP) is 2.95. The second kappa shape index (κ2) is 3.40. The molecule has 82 valence electrons. The number of halogens is 3. The number of rotatable bonds is 2. The van der Waals surface area contributed by atoms with E-state index in [0.29, 0.717) is 5.75 Å². The molecule has 1 aliphatic carbocycles. The van der Waals surface area contributed by atoms with E-state index >= 15 is 0 Å². The Balaban J connectivity index is 2.21. The van der Waals surface area contributed by atoms with E-state index in [4.69, 9.17) is 4.74 Å². The third-order valence-corrected chi connectivity index (χ3v) is 2.15. The summed E-state index contributed by atoms with van der Waals surface area (Å²) in [4.78, 5) is 3.48. The van der Waals surface area contributed by atoms with Crippen LogP contribution in [0.3, 0.4) is 0 Å².